The van der Waals surface area contributed by atoms with Crippen LogP contribution in [0, 0.1) is 17.4 Å². The van der Waals surface area contributed by atoms with Crippen LogP contribution in [-0.2, 0) is 4.79 Å². The van der Waals surface area contributed by atoms with E-state index in [1.807, 2.05) is 13.0 Å². The maximum atomic E-state index is 11.1. The first kappa shape index (κ1) is 26.0. The van der Waals surface area contributed by atoms with Gasteiger partial charge in [-0.2, -0.15) is 0 Å². The van der Waals surface area contributed by atoms with Crippen LogP contribution in [0.2, 0.25) is 0 Å². The summed E-state index contributed by atoms with van der Waals surface area (Å²) in [7, 11) is 0. The number of ether oxygens (including phenoxy) is 2. The first-order valence-corrected chi connectivity index (χ1v) is 13.5. The summed E-state index contributed by atoms with van der Waals surface area (Å²) in [4.78, 5) is 13.6. The molecule has 1 unspecified atom stereocenters. The third kappa shape index (κ3) is 6.56. The van der Waals surface area contributed by atoms with Crippen LogP contribution in [0.15, 0.2) is 84.9 Å². The predicted molar refractivity (Wildman–Crippen MR) is 155 cm³/mol. The smallest absolute Gasteiger partial charge is 0.344 e. The van der Waals surface area contributed by atoms with Crippen LogP contribution in [0.1, 0.15) is 28.5 Å². The highest BCUT2D eigenvalue weighted by atomic mass is 127. The molecule has 0 amide bonds. The zero-order valence-electron chi connectivity index (χ0n) is 20.3. The SMILES string of the molecule is Cc1ccc(-c2ccc(/C(=C/COc3ccc(OC(C)C(=O)O)c(C)c3)c3ccc(I)cc3)cc2)s1. The van der Waals surface area contributed by atoms with E-state index in [4.69, 9.17) is 14.6 Å². The lowest BCUT2D eigenvalue weighted by atomic mass is 9.96. The third-order valence-corrected chi connectivity index (χ3v) is 7.48. The van der Waals surface area contributed by atoms with Gasteiger partial charge in [-0.15, -0.1) is 11.3 Å². The Morgan fingerprint density at radius 3 is 2.22 bits per heavy atom. The Labute approximate surface area is 229 Å². The minimum absolute atomic E-state index is 0.387. The molecule has 0 fully saturated rings. The summed E-state index contributed by atoms with van der Waals surface area (Å²) in [6.45, 7) is 5.90. The van der Waals surface area contributed by atoms with Crippen LogP contribution in [0.25, 0.3) is 16.0 Å². The van der Waals surface area contributed by atoms with E-state index >= 15 is 0 Å². The van der Waals surface area contributed by atoms with Gasteiger partial charge in [-0.3, -0.25) is 0 Å². The lowest BCUT2D eigenvalue weighted by Gasteiger charge is -2.14. The van der Waals surface area contributed by atoms with E-state index in [0.717, 1.165) is 22.3 Å². The summed E-state index contributed by atoms with van der Waals surface area (Å²) in [5, 5.41) is 9.08. The van der Waals surface area contributed by atoms with Gasteiger partial charge in [0.2, 0.25) is 0 Å². The Bertz CT molecular complexity index is 1370. The van der Waals surface area contributed by atoms with E-state index in [0.29, 0.717) is 18.1 Å². The second-order valence-corrected chi connectivity index (χ2v) is 11.0. The summed E-state index contributed by atoms with van der Waals surface area (Å²) >= 11 is 4.11. The number of thiophene rings is 1. The zero-order valence-corrected chi connectivity index (χ0v) is 23.3. The number of carbonyl (C=O) groups is 1. The second-order valence-electron chi connectivity index (χ2n) is 8.45. The summed E-state index contributed by atoms with van der Waals surface area (Å²) in [6, 6.07) is 26.8. The number of halogens is 1. The molecule has 1 aromatic heterocycles. The Morgan fingerprint density at radius 1 is 0.972 bits per heavy atom. The number of aryl methyl sites for hydroxylation is 2. The molecule has 184 valence electrons. The Balaban J connectivity index is 1.54. The normalized spacial score (nSPS) is 12.3. The van der Waals surface area contributed by atoms with Crippen molar-refractivity contribution in [1.82, 2.24) is 0 Å². The van der Waals surface area contributed by atoms with E-state index < -0.39 is 12.1 Å². The molecular formula is C30H27IO4S. The first-order valence-electron chi connectivity index (χ1n) is 11.6. The average molecular weight is 611 g/mol. The number of benzene rings is 3. The first-order chi connectivity index (χ1) is 17.3. The zero-order chi connectivity index (χ0) is 25.7. The number of carboxylic acid groups (broad SMARTS) is 1. The second kappa shape index (κ2) is 11.8. The summed E-state index contributed by atoms with van der Waals surface area (Å²) < 4.78 is 12.7. The van der Waals surface area contributed by atoms with Crippen molar-refractivity contribution < 1.29 is 19.4 Å². The van der Waals surface area contributed by atoms with Gasteiger partial charge in [-0.05, 0) is 120 Å². The van der Waals surface area contributed by atoms with Gasteiger partial charge in [0.25, 0.3) is 0 Å². The van der Waals surface area contributed by atoms with Crippen LogP contribution in [-0.4, -0.2) is 23.8 Å². The molecule has 0 spiro atoms. The lowest BCUT2D eigenvalue weighted by molar-refractivity contribution is -0.144. The molecule has 4 rings (SSSR count). The van der Waals surface area contributed by atoms with Crippen LogP contribution in [0.4, 0.5) is 0 Å². The highest BCUT2D eigenvalue weighted by Crippen LogP contribution is 2.31. The van der Waals surface area contributed by atoms with Crippen molar-refractivity contribution in [2.24, 2.45) is 0 Å². The number of aliphatic carboxylic acids is 1. The van der Waals surface area contributed by atoms with E-state index in [9.17, 15) is 4.79 Å². The van der Waals surface area contributed by atoms with Crippen LogP contribution < -0.4 is 9.47 Å². The molecule has 0 aliphatic rings. The minimum atomic E-state index is -0.999. The summed E-state index contributed by atoms with van der Waals surface area (Å²) in [6.07, 6.45) is 1.18. The van der Waals surface area contributed by atoms with E-state index in [-0.39, 0.29) is 0 Å². The quantitative estimate of drug-likeness (QED) is 0.195. The molecule has 36 heavy (non-hydrogen) atoms. The summed E-state index contributed by atoms with van der Waals surface area (Å²) in [5.41, 5.74) is 5.39. The van der Waals surface area contributed by atoms with Gasteiger partial charge in [-0.1, -0.05) is 36.4 Å². The molecule has 6 heteroatoms. The van der Waals surface area contributed by atoms with Gasteiger partial charge in [0.05, 0.1) is 0 Å². The van der Waals surface area contributed by atoms with Crippen molar-refractivity contribution >= 4 is 45.5 Å². The number of carboxylic acids is 1. The molecule has 0 saturated heterocycles. The van der Waals surface area contributed by atoms with Crippen LogP contribution in [0.5, 0.6) is 11.5 Å². The largest absolute Gasteiger partial charge is 0.489 e. The topological polar surface area (TPSA) is 55.8 Å². The van der Waals surface area contributed by atoms with E-state index in [1.54, 1.807) is 23.5 Å². The Morgan fingerprint density at radius 2 is 1.64 bits per heavy atom. The lowest BCUT2D eigenvalue weighted by Crippen LogP contribution is -2.23. The van der Waals surface area contributed by atoms with E-state index in [1.165, 1.54) is 25.8 Å². The molecule has 0 aliphatic heterocycles. The Kier molecular flexibility index (Phi) is 8.48. The van der Waals surface area contributed by atoms with Crippen molar-refractivity contribution in [2.75, 3.05) is 6.61 Å². The molecule has 3 aromatic carbocycles. The number of hydrogen-bond acceptors (Lipinski definition) is 4. The molecule has 0 aliphatic carbocycles. The molecule has 4 nitrogen and oxygen atoms in total. The molecule has 1 heterocycles. The van der Waals surface area contributed by atoms with Gasteiger partial charge < -0.3 is 14.6 Å². The third-order valence-electron chi connectivity index (χ3n) is 5.71. The fourth-order valence-electron chi connectivity index (χ4n) is 3.74. The van der Waals surface area contributed by atoms with Gasteiger partial charge in [0.15, 0.2) is 6.10 Å². The molecule has 0 bridgehead atoms. The molecule has 4 aromatic rings. The maximum absolute atomic E-state index is 11.1. The number of rotatable bonds is 9. The maximum Gasteiger partial charge on any atom is 0.344 e. The van der Waals surface area contributed by atoms with Crippen molar-refractivity contribution in [3.05, 3.63) is 110 Å². The molecule has 1 atom stereocenters. The monoisotopic (exact) mass is 610 g/mol. The van der Waals surface area contributed by atoms with Gasteiger partial charge >= 0.3 is 5.97 Å². The highest BCUT2D eigenvalue weighted by Gasteiger charge is 2.14. The van der Waals surface area contributed by atoms with E-state index in [2.05, 4.69) is 96.3 Å². The Hall–Kier alpha value is -3.10. The molecule has 0 radical (unpaired) electrons. The fraction of sp³-hybridized carbons (Fsp3) is 0.167. The molecular weight excluding hydrogens is 583 g/mol. The van der Waals surface area contributed by atoms with Gasteiger partial charge in [0, 0.05) is 13.3 Å². The minimum Gasteiger partial charge on any atom is -0.489 e. The van der Waals surface area contributed by atoms with Crippen molar-refractivity contribution in [2.45, 2.75) is 26.9 Å². The van der Waals surface area contributed by atoms with Crippen LogP contribution >= 0.6 is 33.9 Å². The molecule has 0 saturated carbocycles. The average Bonchev–Trinajstić information content (AvgIpc) is 3.30. The van der Waals surface area contributed by atoms with Gasteiger partial charge in [0.1, 0.15) is 18.1 Å². The summed E-state index contributed by atoms with van der Waals surface area (Å²) in [5.74, 6) is 0.236. The highest BCUT2D eigenvalue weighted by molar-refractivity contribution is 14.1. The fourth-order valence-corrected chi connectivity index (χ4v) is 4.97. The van der Waals surface area contributed by atoms with Crippen LogP contribution in [0.3, 0.4) is 0 Å². The molecule has 1 N–H and O–H groups in total. The van der Waals surface area contributed by atoms with Crippen molar-refractivity contribution in [1.29, 1.82) is 0 Å². The number of hydrogen-bond donors (Lipinski definition) is 1. The standard InChI is InChI=1S/C30H27IO4S/c1-19-18-26(13-14-28(19)35-21(3)30(32)33)34-17-16-27(23-9-11-25(31)12-10-23)22-5-7-24(8-6-22)29-15-4-20(2)36-29/h4-16,18,21H,17H2,1-3H3,(H,32,33)/b27-16-. The van der Waals surface area contributed by atoms with Gasteiger partial charge in [-0.25, -0.2) is 4.79 Å². The van der Waals surface area contributed by atoms with Crippen molar-refractivity contribution in [3.63, 3.8) is 0 Å². The van der Waals surface area contributed by atoms with Crippen molar-refractivity contribution in [3.8, 4) is 21.9 Å². The predicted octanol–water partition coefficient (Wildman–Crippen LogP) is 8.00.